The van der Waals surface area contributed by atoms with Crippen LogP contribution in [0, 0.1) is 13.8 Å². The minimum atomic E-state index is -0.0288. The molecule has 1 fully saturated rings. The number of amides is 1. The van der Waals surface area contributed by atoms with Crippen LogP contribution in [-0.2, 0) is 4.79 Å². The minimum absolute atomic E-state index is 0.0288. The van der Waals surface area contributed by atoms with Crippen molar-refractivity contribution in [3.63, 3.8) is 0 Å². The van der Waals surface area contributed by atoms with Gasteiger partial charge in [-0.15, -0.1) is 0 Å². The first-order valence-corrected chi connectivity index (χ1v) is 8.49. The zero-order valence-electron chi connectivity index (χ0n) is 13.2. The highest BCUT2D eigenvalue weighted by molar-refractivity contribution is 7.99. The SMILES string of the molecule is CC(=O)c1c(C)nn([C@H](C)CC(=O)N2CCSCC2)c1C. The van der Waals surface area contributed by atoms with Crippen LogP contribution < -0.4 is 0 Å². The summed E-state index contributed by atoms with van der Waals surface area (Å²) in [5.74, 6) is 2.26. The Bertz CT molecular complexity index is 547. The van der Waals surface area contributed by atoms with Gasteiger partial charge in [0.2, 0.25) is 5.91 Å². The summed E-state index contributed by atoms with van der Waals surface area (Å²) >= 11 is 1.89. The quantitative estimate of drug-likeness (QED) is 0.800. The van der Waals surface area contributed by atoms with Gasteiger partial charge in [-0.25, -0.2) is 0 Å². The highest BCUT2D eigenvalue weighted by Gasteiger charge is 2.23. The molecule has 0 saturated carbocycles. The summed E-state index contributed by atoms with van der Waals surface area (Å²) in [5, 5.41) is 4.45. The van der Waals surface area contributed by atoms with Crippen LogP contribution in [0.15, 0.2) is 0 Å². The molecule has 116 valence electrons. The first kappa shape index (κ1) is 16.1. The van der Waals surface area contributed by atoms with E-state index in [0.717, 1.165) is 36.0 Å². The van der Waals surface area contributed by atoms with Gasteiger partial charge in [0.05, 0.1) is 17.3 Å². The molecule has 1 aromatic heterocycles. The van der Waals surface area contributed by atoms with Gasteiger partial charge in [-0.1, -0.05) is 0 Å². The zero-order valence-corrected chi connectivity index (χ0v) is 14.0. The van der Waals surface area contributed by atoms with Gasteiger partial charge in [0.15, 0.2) is 5.78 Å². The maximum Gasteiger partial charge on any atom is 0.224 e. The van der Waals surface area contributed by atoms with Crippen LogP contribution in [0.25, 0.3) is 0 Å². The van der Waals surface area contributed by atoms with Gasteiger partial charge in [0.25, 0.3) is 0 Å². The van der Waals surface area contributed by atoms with E-state index in [1.165, 1.54) is 0 Å². The summed E-state index contributed by atoms with van der Waals surface area (Å²) in [7, 11) is 0. The number of carbonyl (C=O) groups is 2. The van der Waals surface area contributed by atoms with Crippen molar-refractivity contribution in [3.8, 4) is 0 Å². The maximum atomic E-state index is 12.3. The van der Waals surface area contributed by atoms with Crippen molar-refractivity contribution < 1.29 is 9.59 Å². The molecule has 0 aromatic carbocycles. The fourth-order valence-electron chi connectivity index (χ4n) is 2.88. The summed E-state index contributed by atoms with van der Waals surface area (Å²) in [6.07, 6.45) is 0.434. The third kappa shape index (κ3) is 3.48. The Hall–Kier alpha value is -1.30. The highest BCUT2D eigenvalue weighted by atomic mass is 32.2. The Morgan fingerprint density at radius 2 is 1.90 bits per heavy atom. The van der Waals surface area contributed by atoms with Gasteiger partial charge >= 0.3 is 0 Å². The van der Waals surface area contributed by atoms with E-state index in [9.17, 15) is 9.59 Å². The molecular formula is C15H23N3O2S. The fourth-order valence-corrected chi connectivity index (χ4v) is 3.79. The second-order valence-electron chi connectivity index (χ2n) is 5.59. The number of Topliss-reactive ketones (excluding diaryl/α,β-unsaturated/α-hetero) is 1. The van der Waals surface area contributed by atoms with Crippen LogP contribution in [0.5, 0.6) is 0 Å². The van der Waals surface area contributed by atoms with Crippen LogP contribution in [0.4, 0.5) is 0 Å². The van der Waals surface area contributed by atoms with E-state index in [4.69, 9.17) is 0 Å². The topological polar surface area (TPSA) is 55.2 Å². The molecule has 1 aliphatic heterocycles. The Morgan fingerprint density at radius 3 is 2.43 bits per heavy atom. The fraction of sp³-hybridized carbons (Fsp3) is 0.667. The van der Waals surface area contributed by atoms with E-state index in [-0.39, 0.29) is 17.7 Å². The van der Waals surface area contributed by atoms with Crippen molar-refractivity contribution in [2.75, 3.05) is 24.6 Å². The molecule has 0 unspecified atom stereocenters. The molecule has 0 N–H and O–H groups in total. The Balaban J connectivity index is 2.09. The van der Waals surface area contributed by atoms with Crippen molar-refractivity contribution >= 4 is 23.5 Å². The summed E-state index contributed by atoms with van der Waals surface area (Å²) in [6, 6.07) is -0.0288. The summed E-state index contributed by atoms with van der Waals surface area (Å²) in [4.78, 5) is 25.9. The van der Waals surface area contributed by atoms with E-state index in [0.29, 0.717) is 12.0 Å². The van der Waals surface area contributed by atoms with Gasteiger partial charge in [-0.05, 0) is 27.7 Å². The summed E-state index contributed by atoms with van der Waals surface area (Å²) in [6.45, 7) is 8.96. The van der Waals surface area contributed by atoms with Gasteiger partial charge in [0.1, 0.15) is 0 Å². The van der Waals surface area contributed by atoms with E-state index >= 15 is 0 Å². The number of aryl methyl sites for hydroxylation is 1. The standard InChI is InChI=1S/C15H23N3O2S/c1-10(9-14(20)17-5-7-21-8-6-17)18-12(3)15(13(4)19)11(2)16-18/h10H,5-9H2,1-4H3/t10-/m1/s1. The average molecular weight is 309 g/mol. The molecule has 1 atom stereocenters. The summed E-state index contributed by atoms with van der Waals surface area (Å²) < 4.78 is 1.82. The minimum Gasteiger partial charge on any atom is -0.341 e. The summed E-state index contributed by atoms with van der Waals surface area (Å²) in [5.41, 5.74) is 2.28. The van der Waals surface area contributed by atoms with E-state index in [2.05, 4.69) is 5.10 Å². The molecule has 6 heteroatoms. The van der Waals surface area contributed by atoms with E-state index in [1.807, 2.05) is 42.1 Å². The second kappa shape index (κ2) is 6.64. The molecule has 0 spiro atoms. The number of aromatic nitrogens is 2. The molecule has 1 aliphatic rings. The maximum absolute atomic E-state index is 12.3. The van der Waals surface area contributed by atoms with Crippen molar-refractivity contribution in [1.29, 1.82) is 0 Å². The molecular weight excluding hydrogens is 286 g/mol. The molecule has 1 saturated heterocycles. The normalized spacial score (nSPS) is 16.9. The van der Waals surface area contributed by atoms with Crippen molar-refractivity contribution in [3.05, 3.63) is 17.0 Å². The number of rotatable bonds is 4. The third-order valence-corrected chi connectivity index (χ3v) is 4.87. The second-order valence-corrected chi connectivity index (χ2v) is 6.82. The molecule has 5 nitrogen and oxygen atoms in total. The zero-order chi connectivity index (χ0) is 15.6. The van der Waals surface area contributed by atoms with Crippen molar-refractivity contribution in [2.24, 2.45) is 0 Å². The molecule has 0 bridgehead atoms. The number of hydrogen-bond donors (Lipinski definition) is 0. The number of nitrogens with zero attached hydrogens (tertiary/aromatic N) is 3. The van der Waals surface area contributed by atoms with Gasteiger partial charge in [-0.3, -0.25) is 14.3 Å². The Morgan fingerprint density at radius 1 is 1.29 bits per heavy atom. The molecule has 0 aliphatic carbocycles. The number of carbonyl (C=O) groups excluding carboxylic acids is 2. The average Bonchev–Trinajstić information content (AvgIpc) is 2.75. The van der Waals surface area contributed by atoms with Crippen LogP contribution >= 0.6 is 11.8 Å². The monoisotopic (exact) mass is 309 g/mol. The first-order chi connectivity index (χ1) is 9.91. The van der Waals surface area contributed by atoms with Crippen LogP contribution in [0.3, 0.4) is 0 Å². The van der Waals surface area contributed by atoms with Crippen LogP contribution in [0.1, 0.15) is 48.1 Å². The largest absolute Gasteiger partial charge is 0.341 e. The van der Waals surface area contributed by atoms with E-state index in [1.54, 1.807) is 6.92 Å². The van der Waals surface area contributed by atoms with Crippen molar-refractivity contribution in [1.82, 2.24) is 14.7 Å². The Labute approximate surface area is 130 Å². The molecule has 2 rings (SSSR count). The van der Waals surface area contributed by atoms with Gasteiger partial charge in [0, 0.05) is 36.7 Å². The lowest BCUT2D eigenvalue weighted by molar-refractivity contribution is -0.131. The van der Waals surface area contributed by atoms with E-state index < -0.39 is 0 Å². The molecule has 0 radical (unpaired) electrons. The van der Waals surface area contributed by atoms with Crippen LogP contribution in [-0.4, -0.2) is 51.0 Å². The lowest BCUT2D eigenvalue weighted by Gasteiger charge is -2.27. The predicted molar refractivity (Wildman–Crippen MR) is 84.9 cm³/mol. The molecule has 1 aromatic rings. The first-order valence-electron chi connectivity index (χ1n) is 7.34. The molecule has 1 amide bonds. The highest BCUT2D eigenvalue weighted by Crippen LogP contribution is 2.21. The third-order valence-electron chi connectivity index (χ3n) is 3.93. The van der Waals surface area contributed by atoms with Gasteiger partial charge < -0.3 is 4.90 Å². The molecule has 21 heavy (non-hydrogen) atoms. The van der Waals surface area contributed by atoms with Crippen LogP contribution in [0.2, 0.25) is 0 Å². The number of ketones is 1. The molecule has 2 heterocycles. The lowest BCUT2D eigenvalue weighted by Crippen LogP contribution is -2.38. The Kier molecular flexibility index (Phi) is 5.08. The smallest absolute Gasteiger partial charge is 0.224 e. The lowest BCUT2D eigenvalue weighted by atomic mass is 10.1. The van der Waals surface area contributed by atoms with Gasteiger partial charge in [-0.2, -0.15) is 16.9 Å². The number of hydrogen-bond acceptors (Lipinski definition) is 4. The van der Waals surface area contributed by atoms with Crippen molar-refractivity contribution in [2.45, 2.75) is 40.2 Å². The number of thioether (sulfide) groups is 1. The predicted octanol–water partition coefficient (Wildman–Crippen LogP) is 2.23.